The Labute approximate surface area is 135 Å². The molecule has 0 saturated heterocycles. The third-order valence-electron chi connectivity index (χ3n) is 3.32. The number of carboxylic acids is 1. The van der Waals surface area contributed by atoms with E-state index < -0.39 is 12.1 Å². The SMILES string of the molecule is CCC(Oc1ccc(C=O)cc1)C(=O)NCCCCCC(=O)O. The van der Waals surface area contributed by atoms with Crippen LogP contribution in [0.5, 0.6) is 5.75 Å². The lowest BCUT2D eigenvalue weighted by Gasteiger charge is -2.17. The maximum absolute atomic E-state index is 12.1. The second-order valence-electron chi connectivity index (χ2n) is 5.20. The molecule has 1 aromatic carbocycles. The third kappa shape index (κ3) is 7.44. The molecule has 0 bridgehead atoms. The van der Waals surface area contributed by atoms with E-state index in [1.807, 2.05) is 6.92 Å². The molecular weight excluding hydrogens is 298 g/mol. The molecule has 0 aliphatic carbocycles. The predicted molar refractivity (Wildman–Crippen MR) is 85.7 cm³/mol. The van der Waals surface area contributed by atoms with Crippen LogP contribution < -0.4 is 10.1 Å². The molecule has 1 atom stereocenters. The van der Waals surface area contributed by atoms with Gasteiger partial charge in [-0.3, -0.25) is 14.4 Å². The highest BCUT2D eigenvalue weighted by Gasteiger charge is 2.17. The molecule has 0 aliphatic rings. The average molecular weight is 321 g/mol. The summed E-state index contributed by atoms with van der Waals surface area (Å²) >= 11 is 0. The molecule has 0 fully saturated rings. The van der Waals surface area contributed by atoms with Crippen molar-refractivity contribution in [1.82, 2.24) is 5.32 Å². The van der Waals surface area contributed by atoms with Crippen LogP contribution in [0.15, 0.2) is 24.3 Å². The first-order valence-electron chi connectivity index (χ1n) is 7.78. The van der Waals surface area contributed by atoms with Crippen molar-refractivity contribution in [2.45, 2.75) is 45.1 Å². The number of carbonyl (C=O) groups is 3. The van der Waals surface area contributed by atoms with Crippen LogP contribution in [-0.4, -0.2) is 35.9 Å². The van der Waals surface area contributed by atoms with E-state index in [1.165, 1.54) is 0 Å². The Bertz CT molecular complexity index is 512. The lowest BCUT2D eigenvalue weighted by Crippen LogP contribution is -2.38. The number of rotatable bonds is 11. The zero-order chi connectivity index (χ0) is 17.1. The highest BCUT2D eigenvalue weighted by Crippen LogP contribution is 2.14. The summed E-state index contributed by atoms with van der Waals surface area (Å²) in [6, 6.07) is 6.59. The van der Waals surface area contributed by atoms with Crippen molar-refractivity contribution < 1.29 is 24.2 Å². The standard InChI is InChI=1S/C17H23NO5/c1-2-15(23-14-9-7-13(12-19)8-10-14)17(22)18-11-5-3-4-6-16(20)21/h7-10,12,15H,2-6,11H2,1H3,(H,18,22)(H,20,21). The molecule has 0 aliphatic heterocycles. The Hall–Kier alpha value is -2.37. The van der Waals surface area contributed by atoms with Gasteiger partial charge in [-0.05, 0) is 43.5 Å². The van der Waals surface area contributed by atoms with E-state index in [-0.39, 0.29) is 12.3 Å². The highest BCUT2D eigenvalue weighted by atomic mass is 16.5. The van der Waals surface area contributed by atoms with Crippen LogP contribution in [0.25, 0.3) is 0 Å². The van der Waals surface area contributed by atoms with Gasteiger partial charge in [0.15, 0.2) is 6.10 Å². The number of hydrogen-bond acceptors (Lipinski definition) is 4. The van der Waals surface area contributed by atoms with Gasteiger partial charge in [-0.2, -0.15) is 0 Å². The number of nitrogens with one attached hydrogen (secondary N) is 1. The Morgan fingerprint density at radius 3 is 2.48 bits per heavy atom. The molecule has 6 nitrogen and oxygen atoms in total. The fraction of sp³-hybridized carbons (Fsp3) is 0.471. The quantitative estimate of drug-likeness (QED) is 0.482. The molecule has 2 N–H and O–H groups in total. The molecule has 1 aromatic rings. The number of benzene rings is 1. The molecule has 6 heteroatoms. The normalized spacial score (nSPS) is 11.5. The lowest BCUT2D eigenvalue weighted by atomic mass is 10.2. The summed E-state index contributed by atoms with van der Waals surface area (Å²) in [6.45, 7) is 2.36. The fourth-order valence-electron chi connectivity index (χ4n) is 2.01. The predicted octanol–water partition coefficient (Wildman–Crippen LogP) is 2.42. The second kappa shape index (κ2) is 10.4. The minimum atomic E-state index is -0.797. The third-order valence-corrected chi connectivity index (χ3v) is 3.32. The summed E-state index contributed by atoms with van der Waals surface area (Å²) in [5.74, 6) is -0.446. The molecule has 0 heterocycles. The van der Waals surface area contributed by atoms with Crippen LogP contribution in [0.2, 0.25) is 0 Å². The maximum atomic E-state index is 12.1. The number of aldehydes is 1. The van der Waals surface area contributed by atoms with Crippen LogP contribution in [0.3, 0.4) is 0 Å². The van der Waals surface area contributed by atoms with Crippen molar-refractivity contribution in [3.05, 3.63) is 29.8 Å². The minimum absolute atomic E-state index is 0.158. The van der Waals surface area contributed by atoms with Crippen LogP contribution in [-0.2, 0) is 9.59 Å². The van der Waals surface area contributed by atoms with Crippen molar-refractivity contribution in [3.63, 3.8) is 0 Å². The number of aliphatic carboxylic acids is 1. The molecule has 0 radical (unpaired) electrons. The Kier molecular flexibility index (Phi) is 8.42. The molecule has 23 heavy (non-hydrogen) atoms. The van der Waals surface area contributed by atoms with Crippen molar-refractivity contribution in [1.29, 1.82) is 0 Å². The number of carboxylic acid groups (broad SMARTS) is 1. The molecule has 0 aromatic heterocycles. The van der Waals surface area contributed by atoms with Gasteiger partial charge in [0.1, 0.15) is 12.0 Å². The van der Waals surface area contributed by atoms with Gasteiger partial charge in [0, 0.05) is 18.5 Å². The first-order valence-corrected chi connectivity index (χ1v) is 7.78. The van der Waals surface area contributed by atoms with E-state index in [2.05, 4.69) is 5.32 Å². The fourth-order valence-corrected chi connectivity index (χ4v) is 2.01. The summed E-state index contributed by atoms with van der Waals surface area (Å²) in [6.07, 6.45) is 2.96. The molecule has 1 unspecified atom stereocenters. The summed E-state index contributed by atoms with van der Waals surface area (Å²) in [5.41, 5.74) is 0.552. The number of carbonyl (C=O) groups excluding carboxylic acids is 2. The van der Waals surface area contributed by atoms with E-state index in [0.717, 1.165) is 19.1 Å². The topological polar surface area (TPSA) is 92.7 Å². The number of hydrogen-bond donors (Lipinski definition) is 2. The first kappa shape index (κ1) is 18.7. The van der Waals surface area contributed by atoms with Gasteiger partial charge in [-0.1, -0.05) is 13.3 Å². The zero-order valence-electron chi connectivity index (χ0n) is 13.3. The average Bonchev–Trinajstić information content (AvgIpc) is 2.55. The van der Waals surface area contributed by atoms with Crippen molar-refractivity contribution >= 4 is 18.2 Å². The molecule has 126 valence electrons. The van der Waals surface area contributed by atoms with Gasteiger partial charge >= 0.3 is 5.97 Å². The maximum Gasteiger partial charge on any atom is 0.303 e. The van der Waals surface area contributed by atoms with E-state index >= 15 is 0 Å². The van der Waals surface area contributed by atoms with Crippen LogP contribution >= 0.6 is 0 Å². The Balaban J connectivity index is 2.33. The van der Waals surface area contributed by atoms with Gasteiger partial charge in [-0.25, -0.2) is 0 Å². The van der Waals surface area contributed by atoms with Gasteiger partial charge < -0.3 is 15.2 Å². The largest absolute Gasteiger partial charge is 0.481 e. The molecule has 0 spiro atoms. The van der Waals surface area contributed by atoms with E-state index in [4.69, 9.17) is 9.84 Å². The summed E-state index contributed by atoms with van der Waals surface area (Å²) in [4.78, 5) is 33.0. The second-order valence-corrected chi connectivity index (χ2v) is 5.20. The molecule has 0 saturated carbocycles. The number of amides is 1. The van der Waals surface area contributed by atoms with Crippen molar-refractivity contribution in [2.24, 2.45) is 0 Å². The van der Waals surface area contributed by atoms with Gasteiger partial charge in [-0.15, -0.1) is 0 Å². The molecular formula is C17H23NO5. The van der Waals surface area contributed by atoms with Gasteiger partial charge in [0.05, 0.1) is 0 Å². The monoisotopic (exact) mass is 321 g/mol. The van der Waals surface area contributed by atoms with Crippen LogP contribution in [0.4, 0.5) is 0 Å². The summed E-state index contributed by atoms with van der Waals surface area (Å²) < 4.78 is 5.63. The highest BCUT2D eigenvalue weighted by molar-refractivity contribution is 5.81. The van der Waals surface area contributed by atoms with E-state index in [1.54, 1.807) is 24.3 Å². The summed E-state index contributed by atoms with van der Waals surface area (Å²) in [7, 11) is 0. The Morgan fingerprint density at radius 2 is 1.91 bits per heavy atom. The first-order chi connectivity index (χ1) is 11.1. The van der Waals surface area contributed by atoms with Crippen LogP contribution in [0, 0.1) is 0 Å². The molecule has 1 amide bonds. The minimum Gasteiger partial charge on any atom is -0.481 e. The zero-order valence-corrected chi connectivity index (χ0v) is 13.3. The van der Waals surface area contributed by atoms with Crippen molar-refractivity contribution in [2.75, 3.05) is 6.54 Å². The molecule has 1 rings (SSSR count). The number of ether oxygens (including phenoxy) is 1. The summed E-state index contributed by atoms with van der Waals surface area (Å²) in [5, 5.41) is 11.3. The number of unbranched alkanes of at least 4 members (excludes halogenated alkanes) is 2. The van der Waals surface area contributed by atoms with E-state index in [9.17, 15) is 14.4 Å². The van der Waals surface area contributed by atoms with Crippen molar-refractivity contribution in [3.8, 4) is 5.75 Å². The lowest BCUT2D eigenvalue weighted by molar-refractivity contribution is -0.137. The smallest absolute Gasteiger partial charge is 0.303 e. The van der Waals surface area contributed by atoms with E-state index in [0.29, 0.717) is 30.7 Å². The van der Waals surface area contributed by atoms with Crippen LogP contribution in [0.1, 0.15) is 49.4 Å². The Morgan fingerprint density at radius 1 is 1.22 bits per heavy atom. The van der Waals surface area contributed by atoms with Gasteiger partial charge in [0.25, 0.3) is 5.91 Å². The van der Waals surface area contributed by atoms with Gasteiger partial charge in [0.2, 0.25) is 0 Å².